The fourth-order valence-corrected chi connectivity index (χ4v) is 1.94. The molecule has 0 saturated heterocycles. The minimum Gasteiger partial charge on any atom is -0.497 e. The van der Waals surface area contributed by atoms with Crippen molar-refractivity contribution in [1.29, 1.82) is 0 Å². The third-order valence-corrected chi connectivity index (χ3v) is 2.80. The quantitative estimate of drug-likeness (QED) is 0.787. The number of nitrogens with zero attached hydrogens (tertiary/aromatic N) is 1. The molecule has 3 heteroatoms. The Kier molecular flexibility index (Phi) is 3.57. The Labute approximate surface area is 96.5 Å². The topological polar surface area (TPSA) is 34.1 Å². The van der Waals surface area contributed by atoms with Crippen molar-refractivity contribution in [3.63, 3.8) is 0 Å². The van der Waals surface area contributed by atoms with Crippen LogP contribution in [0.4, 0.5) is 0 Å². The highest BCUT2D eigenvalue weighted by atomic mass is 16.5. The number of methoxy groups -OCH3 is 1. The van der Waals surface area contributed by atoms with Crippen molar-refractivity contribution < 1.29 is 4.74 Å². The van der Waals surface area contributed by atoms with E-state index in [0.717, 1.165) is 36.5 Å². The van der Waals surface area contributed by atoms with Gasteiger partial charge in [-0.3, -0.25) is 4.98 Å². The first-order valence-electron chi connectivity index (χ1n) is 5.68. The number of aryl methyl sites for hydroxylation is 1. The first-order chi connectivity index (χ1) is 7.78. The van der Waals surface area contributed by atoms with Gasteiger partial charge in [-0.15, -0.1) is 0 Å². The summed E-state index contributed by atoms with van der Waals surface area (Å²) in [6.07, 6.45) is 6.70. The SMILES string of the molecule is COc1cc(C)nc(CNC2CC=CC2)c1. The monoisotopic (exact) mass is 218 g/mol. The molecule has 1 N–H and O–H groups in total. The maximum Gasteiger partial charge on any atom is 0.122 e. The number of aromatic nitrogens is 1. The summed E-state index contributed by atoms with van der Waals surface area (Å²) in [5, 5.41) is 3.50. The van der Waals surface area contributed by atoms with Crippen LogP contribution < -0.4 is 10.1 Å². The van der Waals surface area contributed by atoms with Gasteiger partial charge in [0.15, 0.2) is 0 Å². The van der Waals surface area contributed by atoms with Crippen molar-refractivity contribution in [3.05, 3.63) is 35.7 Å². The maximum absolute atomic E-state index is 5.23. The fourth-order valence-electron chi connectivity index (χ4n) is 1.94. The van der Waals surface area contributed by atoms with Crippen LogP contribution in [0, 0.1) is 6.92 Å². The average Bonchev–Trinajstić information content (AvgIpc) is 2.78. The molecule has 1 heterocycles. The molecule has 86 valence electrons. The first kappa shape index (κ1) is 11.1. The molecular weight excluding hydrogens is 200 g/mol. The number of rotatable bonds is 4. The van der Waals surface area contributed by atoms with Crippen LogP contribution in [0.2, 0.25) is 0 Å². The van der Waals surface area contributed by atoms with Gasteiger partial charge < -0.3 is 10.1 Å². The second-order valence-electron chi connectivity index (χ2n) is 4.16. The van der Waals surface area contributed by atoms with E-state index in [2.05, 4.69) is 22.5 Å². The van der Waals surface area contributed by atoms with E-state index in [4.69, 9.17) is 4.74 Å². The third-order valence-electron chi connectivity index (χ3n) is 2.80. The van der Waals surface area contributed by atoms with Gasteiger partial charge in [-0.25, -0.2) is 0 Å². The third kappa shape index (κ3) is 2.83. The first-order valence-corrected chi connectivity index (χ1v) is 5.68. The van der Waals surface area contributed by atoms with E-state index in [1.165, 1.54) is 0 Å². The van der Waals surface area contributed by atoms with Crippen LogP contribution in [-0.4, -0.2) is 18.1 Å². The lowest BCUT2D eigenvalue weighted by Gasteiger charge is -2.12. The van der Waals surface area contributed by atoms with E-state index in [1.807, 2.05) is 19.1 Å². The molecule has 1 aromatic rings. The van der Waals surface area contributed by atoms with E-state index >= 15 is 0 Å². The summed E-state index contributed by atoms with van der Waals surface area (Å²) in [7, 11) is 1.69. The van der Waals surface area contributed by atoms with Gasteiger partial charge in [0.05, 0.1) is 12.8 Å². The summed E-state index contributed by atoms with van der Waals surface area (Å²) in [5.41, 5.74) is 2.05. The van der Waals surface area contributed by atoms with Crippen molar-refractivity contribution in [2.75, 3.05) is 7.11 Å². The van der Waals surface area contributed by atoms with Crippen molar-refractivity contribution in [2.24, 2.45) is 0 Å². The molecule has 0 bridgehead atoms. The van der Waals surface area contributed by atoms with Gasteiger partial charge in [-0.1, -0.05) is 12.2 Å². The molecule has 3 nitrogen and oxygen atoms in total. The van der Waals surface area contributed by atoms with E-state index < -0.39 is 0 Å². The number of hydrogen-bond acceptors (Lipinski definition) is 3. The summed E-state index contributed by atoms with van der Waals surface area (Å²) < 4.78 is 5.23. The molecule has 0 fully saturated rings. The molecule has 1 aromatic heterocycles. The molecular formula is C13H18N2O. The summed E-state index contributed by atoms with van der Waals surface area (Å²) in [6, 6.07) is 4.51. The summed E-state index contributed by atoms with van der Waals surface area (Å²) >= 11 is 0. The molecule has 0 aromatic carbocycles. The van der Waals surface area contributed by atoms with Gasteiger partial charge in [-0.2, -0.15) is 0 Å². The Hall–Kier alpha value is -1.35. The summed E-state index contributed by atoms with van der Waals surface area (Å²) in [6.45, 7) is 2.80. The van der Waals surface area contributed by atoms with Crippen LogP contribution in [-0.2, 0) is 6.54 Å². The zero-order valence-electron chi connectivity index (χ0n) is 9.86. The van der Waals surface area contributed by atoms with Crippen molar-refractivity contribution >= 4 is 0 Å². The molecule has 0 amide bonds. The van der Waals surface area contributed by atoms with E-state index in [-0.39, 0.29) is 0 Å². The van der Waals surface area contributed by atoms with Crippen molar-refractivity contribution in [3.8, 4) is 5.75 Å². The van der Waals surface area contributed by atoms with Crippen LogP contribution in [0.1, 0.15) is 24.2 Å². The highest BCUT2D eigenvalue weighted by molar-refractivity contribution is 5.26. The van der Waals surface area contributed by atoms with E-state index in [1.54, 1.807) is 7.11 Å². The average molecular weight is 218 g/mol. The zero-order valence-corrected chi connectivity index (χ0v) is 9.86. The van der Waals surface area contributed by atoms with Crippen LogP contribution in [0.3, 0.4) is 0 Å². The Morgan fingerprint density at radius 3 is 2.81 bits per heavy atom. The summed E-state index contributed by atoms with van der Waals surface area (Å²) in [4.78, 5) is 4.48. The van der Waals surface area contributed by atoms with Crippen molar-refractivity contribution in [2.45, 2.75) is 32.4 Å². The second kappa shape index (κ2) is 5.12. The zero-order chi connectivity index (χ0) is 11.4. The molecule has 1 aliphatic carbocycles. The van der Waals surface area contributed by atoms with Gasteiger partial charge in [0.1, 0.15) is 5.75 Å². The van der Waals surface area contributed by atoms with Crippen LogP contribution in [0.5, 0.6) is 5.75 Å². The van der Waals surface area contributed by atoms with Gasteiger partial charge in [0, 0.05) is 30.4 Å². The second-order valence-corrected chi connectivity index (χ2v) is 4.16. The minimum atomic E-state index is 0.577. The molecule has 0 atom stereocenters. The predicted molar refractivity (Wildman–Crippen MR) is 64.5 cm³/mol. The lowest BCUT2D eigenvalue weighted by molar-refractivity contribution is 0.412. The molecule has 0 radical (unpaired) electrons. The van der Waals surface area contributed by atoms with Gasteiger partial charge in [0.25, 0.3) is 0 Å². The highest BCUT2D eigenvalue weighted by Gasteiger charge is 2.09. The van der Waals surface area contributed by atoms with E-state index in [9.17, 15) is 0 Å². The predicted octanol–water partition coefficient (Wildman–Crippen LogP) is 2.21. The minimum absolute atomic E-state index is 0.577. The number of hydrogen-bond donors (Lipinski definition) is 1. The number of nitrogens with one attached hydrogen (secondary N) is 1. The Bertz CT molecular complexity index is 380. The van der Waals surface area contributed by atoms with Gasteiger partial charge in [0.2, 0.25) is 0 Å². The fraction of sp³-hybridized carbons (Fsp3) is 0.462. The van der Waals surface area contributed by atoms with Crippen molar-refractivity contribution in [1.82, 2.24) is 10.3 Å². The lowest BCUT2D eigenvalue weighted by Crippen LogP contribution is -2.26. The number of pyridine rings is 1. The molecule has 0 spiro atoms. The molecule has 1 aliphatic rings. The highest BCUT2D eigenvalue weighted by Crippen LogP contribution is 2.14. The summed E-state index contributed by atoms with van der Waals surface area (Å²) in [5.74, 6) is 0.883. The molecule has 0 unspecified atom stereocenters. The molecule has 0 saturated carbocycles. The van der Waals surface area contributed by atoms with Crippen LogP contribution in [0.15, 0.2) is 24.3 Å². The molecule has 16 heavy (non-hydrogen) atoms. The van der Waals surface area contributed by atoms with Gasteiger partial charge >= 0.3 is 0 Å². The molecule has 2 rings (SSSR count). The van der Waals surface area contributed by atoms with Crippen LogP contribution >= 0.6 is 0 Å². The maximum atomic E-state index is 5.23. The molecule has 0 aliphatic heterocycles. The van der Waals surface area contributed by atoms with E-state index in [0.29, 0.717) is 6.04 Å². The Morgan fingerprint density at radius 2 is 2.12 bits per heavy atom. The Morgan fingerprint density at radius 1 is 1.38 bits per heavy atom. The van der Waals surface area contributed by atoms with Gasteiger partial charge in [-0.05, 0) is 19.8 Å². The standard InChI is InChI=1S/C13H18N2O/c1-10-7-13(16-2)8-12(15-10)9-14-11-5-3-4-6-11/h3-4,7-8,11,14H,5-6,9H2,1-2H3. The van der Waals surface area contributed by atoms with Crippen LogP contribution in [0.25, 0.3) is 0 Å². The number of ether oxygens (including phenoxy) is 1. The lowest BCUT2D eigenvalue weighted by atomic mass is 10.2. The smallest absolute Gasteiger partial charge is 0.122 e. The Balaban J connectivity index is 1.95. The normalized spacial score (nSPS) is 15.6. The largest absolute Gasteiger partial charge is 0.497 e.